The highest BCUT2D eigenvalue weighted by atomic mass is 16.6. The quantitative estimate of drug-likeness (QED) is 0.0642. The van der Waals surface area contributed by atoms with Gasteiger partial charge in [0.2, 0.25) is 0 Å². The van der Waals surface area contributed by atoms with Gasteiger partial charge in [-0.1, -0.05) is 97.4 Å². The lowest BCUT2D eigenvalue weighted by Crippen LogP contribution is -2.59. The van der Waals surface area contributed by atoms with Crippen molar-refractivity contribution in [3.05, 3.63) is 243 Å². The first-order valence-electron chi connectivity index (χ1n) is 34.7. The number of piperidine rings is 1. The summed E-state index contributed by atoms with van der Waals surface area (Å²) < 4.78 is 47.4. The first-order chi connectivity index (χ1) is 50.3. The minimum absolute atomic E-state index is 0.0439. The molecule has 5 fully saturated rings. The van der Waals surface area contributed by atoms with Crippen molar-refractivity contribution in [1.82, 2.24) is 61.3 Å². The van der Waals surface area contributed by atoms with Gasteiger partial charge in [-0.2, -0.15) is 0 Å². The highest BCUT2D eigenvalue weighted by Gasteiger charge is 2.36. The van der Waals surface area contributed by atoms with Gasteiger partial charge in [0.15, 0.2) is 27.9 Å². The number of ether oxygens (including phenoxy) is 4. The average molecular weight is 1420 g/mol. The standard InChI is InChI=1S/C21H23N3O4.C19H19N3O4.C13H16N2O3.C12H14N2O2.C11H12N2O3/c1-21(2)13-24(20(26)27-12-14-6-4-3-5-7-14)11-17(23-21)15-8-9-16-18(10-15)28-19(25)22-16;23-18-21-15-7-6-14(10-17(15)26-18)16-11-22(9-8-20-16)19(24)25-12-13-4-2-1-3-5-13;1-13(2)7-17-6-10(15-13)8-3-4-9-11(5-8)18-12(16)14-9;15-12-14-10-5-4-8(7-11(10)16-12)9-3-1-2-6-13-9;14-11-13-8-2-1-7(5-10(8)16-11)9-6-15-4-3-12-9/h3-10,17,23H,11-13H2,1-2H3,(H,22,25);1-7,10,16,20H,8-9,11-12H2,(H,21,23);3-5,10,15H,6-7H2,1-2H3,(H,14,16);4-5,7,9,13H,1-3,6H2,(H,14,15);1-2,5,9,12H,3-4,6H2,(H,13,14). The van der Waals surface area contributed by atoms with Crippen LogP contribution in [0.5, 0.6) is 0 Å². The number of hydrogen-bond donors (Lipinski definition) is 10. The van der Waals surface area contributed by atoms with Gasteiger partial charge >= 0.3 is 41.0 Å². The molecule has 5 aromatic heterocycles. The van der Waals surface area contributed by atoms with Crippen molar-refractivity contribution in [3.63, 3.8) is 0 Å². The van der Waals surface area contributed by atoms with Crippen LogP contribution < -0.4 is 55.4 Å². The zero-order chi connectivity index (χ0) is 72.3. The summed E-state index contributed by atoms with van der Waals surface area (Å²) in [4.78, 5) is 97.5. The SMILES string of the molecule is CC1(C)CN(C(=O)OCc2ccccc2)CC(c2ccc3[nH]c(=O)oc3c2)N1.CC1(C)COCC(c2ccc3[nH]c(=O)oc3c2)N1.O=C(OCc1ccccc1)N1CCNC(c2ccc3[nH]c(=O)oc3c2)C1.O=c1[nH]c2ccc(C3CCCCN3)cc2o1.O=c1[nH]c2ccc(C3COCCN3)cc2o1. The third-order valence-corrected chi connectivity index (χ3v) is 18.4. The Morgan fingerprint density at radius 1 is 0.423 bits per heavy atom. The zero-order valence-electron chi connectivity index (χ0n) is 58.1. The number of morpholine rings is 2. The minimum Gasteiger partial charge on any atom is -0.445 e. The first kappa shape index (κ1) is 71.5. The van der Waals surface area contributed by atoms with Crippen molar-refractivity contribution >= 4 is 67.7 Å². The van der Waals surface area contributed by atoms with E-state index in [-0.39, 0.29) is 66.4 Å². The molecule has 10 heterocycles. The number of H-pyrrole nitrogens is 5. The van der Waals surface area contributed by atoms with Crippen LogP contribution in [0.3, 0.4) is 0 Å². The molecule has 544 valence electrons. The van der Waals surface area contributed by atoms with Gasteiger partial charge in [0.1, 0.15) is 13.2 Å². The lowest BCUT2D eigenvalue weighted by atomic mass is 9.95. The molecule has 28 heteroatoms. The molecule has 0 aliphatic carbocycles. The fraction of sp³-hybridized carbons (Fsp3) is 0.355. The zero-order valence-corrected chi connectivity index (χ0v) is 58.1. The fourth-order valence-corrected chi connectivity index (χ4v) is 13.4. The number of piperazine rings is 2. The smallest absolute Gasteiger partial charge is 0.417 e. The minimum atomic E-state index is -0.477. The predicted molar refractivity (Wildman–Crippen MR) is 388 cm³/mol. The van der Waals surface area contributed by atoms with Crippen molar-refractivity contribution < 1.29 is 50.6 Å². The molecule has 104 heavy (non-hydrogen) atoms. The summed E-state index contributed by atoms with van der Waals surface area (Å²) in [6, 6.07) is 48.3. The highest BCUT2D eigenvalue weighted by Crippen LogP contribution is 2.30. The Balaban J connectivity index is 0.000000118. The van der Waals surface area contributed by atoms with Crippen LogP contribution in [0, 0.1) is 0 Å². The molecule has 5 saturated heterocycles. The van der Waals surface area contributed by atoms with E-state index in [1.165, 1.54) is 18.4 Å². The number of oxazole rings is 5. The largest absolute Gasteiger partial charge is 0.445 e. The van der Waals surface area contributed by atoms with Gasteiger partial charge < -0.3 is 77.4 Å². The molecule has 7 aromatic carbocycles. The number of hydrogen-bond acceptors (Lipinski definition) is 21. The molecule has 5 atom stereocenters. The Bertz CT molecular complexity index is 5100. The maximum atomic E-state index is 12.7. The van der Waals surface area contributed by atoms with E-state index in [0.29, 0.717) is 97.5 Å². The summed E-state index contributed by atoms with van der Waals surface area (Å²) >= 11 is 0. The van der Waals surface area contributed by atoms with Crippen molar-refractivity contribution in [2.45, 2.75) is 101 Å². The van der Waals surface area contributed by atoms with Crippen molar-refractivity contribution in [2.24, 2.45) is 0 Å². The summed E-state index contributed by atoms with van der Waals surface area (Å²) in [6.45, 7) is 16.2. The van der Waals surface area contributed by atoms with Crippen LogP contribution in [0.1, 0.15) is 116 Å². The highest BCUT2D eigenvalue weighted by molar-refractivity contribution is 5.76. The number of fused-ring (bicyclic) bond motifs is 5. The second-order valence-electron chi connectivity index (χ2n) is 27.5. The first-order valence-corrected chi connectivity index (χ1v) is 34.7. The molecule has 5 aliphatic heterocycles. The number of carbonyl (C=O) groups excluding carboxylic acids is 2. The van der Waals surface area contributed by atoms with Gasteiger partial charge in [-0.3, -0.25) is 24.9 Å². The van der Waals surface area contributed by atoms with E-state index in [1.807, 2.05) is 159 Å². The number of rotatable bonds is 9. The number of amides is 2. The van der Waals surface area contributed by atoms with Crippen LogP contribution in [0.25, 0.3) is 55.5 Å². The molecular formula is C76H84N12O16. The van der Waals surface area contributed by atoms with Gasteiger partial charge in [-0.25, -0.2) is 33.6 Å². The molecule has 0 spiro atoms. The number of benzene rings is 7. The van der Waals surface area contributed by atoms with E-state index in [2.05, 4.69) is 71.4 Å². The maximum Gasteiger partial charge on any atom is 0.417 e. The summed E-state index contributed by atoms with van der Waals surface area (Å²) in [5, 5.41) is 17.3. The van der Waals surface area contributed by atoms with Crippen molar-refractivity contribution in [1.29, 1.82) is 0 Å². The van der Waals surface area contributed by atoms with E-state index >= 15 is 0 Å². The molecule has 0 radical (unpaired) electrons. The third-order valence-electron chi connectivity index (χ3n) is 18.4. The number of nitrogens with one attached hydrogen (secondary N) is 10. The van der Waals surface area contributed by atoms with Crippen molar-refractivity contribution in [2.75, 3.05) is 72.2 Å². The van der Waals surface area contributed by atoms with Crippen LogP contribution in [-0.4, -0.2) is 130 Å². The molecule has 28 nitrogen and oxygen atoms in total. The number of carbonyl (C=O) groups is 2. The summed E-state index contributed by atoms with van der Waals surface area (Å²) in [7, 11) is 0. The normalized spacial score (nSPS) is 20.1. The monoisotopic (exact) mass is 1420 g/mol. The van der Waals surface area contributed by atoms with Crippen LogP contribution in [0.4, 0.5) is 9.59 Å². The molecule has 0 saturated carbocycles. The molecule has 5 aliphatic rings. The van der Waals surface area contributed by atoms with E-state index in [0.717, 1.165) is 76.0 Å². The van der Waals surface area contributed by atoms with Crippen LogP contribution in [0.15, 0.2) is 198 Å². The Hall–Kier alpha value is -10.9. The van der Waals surface area contributed by atoms with E-state index < -0.39 is 23.0 Å². The van der Waals surface area contributed by atoms with E-state index in [4.69, 9.17) is 41.0 Å². The second-order valence-corrected chi connectivity index (χ2v) is 27.5. The fourth-order valence-electron chi connectivity index (χ4n) is 13.4. The van der Waals surface area contributed by atoms with Crippen LogP contribution >= 0.6 is 0 Å². The Morgan fingerprint density at radius 3 is 1.26 bits per heavy atom. The van der Waals surface area contributed by atoms with Gasteiger partial charge in [0, 0.05) is 56.4 Å². The lowest BCUT2D eigenvalue weighted by Gasteiger charge is -2.43. The molecule has 5 unspecified atom stereocenters. The summed E-state index contributed by atoms with van der Waals surface area (Å²) in [6.07, 6.45) is 3.00. The van der Waals surface area contributed by atoms with Gasteiger partial charge in [0.25, 0.3) is 0 Å². The Labute approximate surface area is 594 Å². The van der Waals surface area contributed by atoms with Gasteiger partial charge in [0.05, 0.1) is 78.2 Å². The van der Waals surface area contributed by atoms with Gasteiger partial charge in [-0.05, 0) is 147 Å². The summed E-state index contributed by atoms with van der Waals surface area (Å²) in [5.74, 6) is -2.17. The Morgan fingerprint density at radius 2 is 0.817 bits per heavy atom. The molecule has 0 bridgehead atoms. The topological polar surface area (TPSA) is 368 Å². The van der Waals surface area contributed by atoms with Crippen LogP contribution in [-0.2, 0) is 32.2 Å². The third kappa shape index (κ3) is 18.5. The number of aromatic nitrogens is 5. The maximum absolute atomic E-state index is 12.7. The molecule has 10 N–H and O–H groups in total. The van der Waals surface area contributed by atoms with Gasteiger partial charge in [-0.15, -0.1) is 0 Å². The number of aromatic amines is 5. The van der Waals surface area contributed by atoms with Crippen LogP contribution in [0.2, 0.25) is 0 Å². The Kier molecular flexibility index (Phi) is 22.2. The predicted octanol–water partition coefficient (Wildman–Crippen LogP) is 9.87. The average Bonchev–Trinajstić information content (AvgIpc) is 1.81. The molecule has 17 rings (SSSR count). The van der Waals surface area contributed by atoms with E-state index in [1.54, 1.807) is 9.80 Å². The molecule has 12 aromatic rings. The van der Waals surface area contributed by atoms with Crippen molar-refractivity contribution in [3.8, 4) is 0 Å². The molecular weight excluding hydrogens is 1340 g/mol. The lowest BCUT2D eigenvalue weighted by molar-refractivity contribution is 0.0127. The summed E-state index contributed by atoms with van der Waals surface area (Å²) in [5.41, 5.74) is 13.2. The van der Waals surface area contributed by atoms with E-state index in [9.17, 15) is 33.6 Å². The second kappa shape index (κ2) is 32.2. The molecule has 2 amide bonds. The number of nitrogens with zero attached hydrogens (tertiary/aromatic N) is 2.